The van der Waals surface area contributed by atoms with Gasteiger partial charge in [0.1, 0.15) is 5.82 Å². The molecule has 0 aliphatic carbocycles. The standard InChI is InChI=1S/C10H14N4O3/c11-8-6(2-3-7(15)16)9(17)13-10(12-8)14-4-1-5-14/h1-5H2,(H,15,16)(H3,11,12,13,17). The van der Waals surface area contributed by atoms with Gasteiger partial charge in [-0.2, -0.15) is 4.98 Å². The highest BCUT2D eigenvalue weighted by atomic mass is 16.4. The SMILES string of the molecule is Nc1nc(N2CCC2)[nH]c(=O)c1CCC(=O)O. The van der Waals surface area contributed by atoms with Crippen LogP contribution in [0.3, 0.4) is 0 Å². The highest BCUT2D eigenvalue weighted by Gasteiger charge is 2.19. The molecule has 17 heavy (non-hydrogen) atoms. The van der Waals surface area contributed by atoms with Gasteiger partial charge in [0.25, 0.3) is 5.56 Å². The van der Waals surface area contributed by atoms with E-state index in [4.69, 9.17) is 10.8 Å². The second kappa shape index (κ2) is 4.44. The number of nitrogens with one attached hydrogen (secondary N) is 1. The summed E-state index contributed by atoms with van der Waals surface area (Å²) in [6.07, 6.45) is 1.05. The molecule has 1 fully saturated rings. The molecule has 0 unspecified atom stereocenters. The molecule has 0 spiro atoms. The van der Waals surface area contributed by atoms with Crippen molar-refractivity contribution < 1.29 is 9.90 Å². The van der Waals surface area contributed by atoms with Gasteiger partial charge in [-0.15, -0.1) is 0 Å². The summed E-state index contributed by atoms with van der Waals surface area (Å²) in [4.78, 5) is 30.8. The number of hydrogen-bond donors (Lipinski definition) is 3. The van der Waals surface area contributed by atoms with E-state index in [2.05, 4.69) is 9.97 Å². The fourth-order valence-corrected chi connectivity index (χ4v) is 1.65. The maximum absolute atomic E-state index is 11.7. The van der Waals surface area contributed by atoms with Crippen molar-refractivity contribution in [1.29, 1.82) is 0 Å². The lowest BCUT2D eigenvalue weighted by Crippen LogP contribution is -2.39. The van der Waals surface area contributed by atoms with Crippen LogP contribution in [0.2, 0.25) is 0 Å². The minimum Gasteiger partial charge on any atom is -0.481 e. The van der Waals surface area contributed by atoms with Gasteiger partial charge in [0.05, 0.1) is 5.56 Å². The zero-order chi connectivity index (χ0) is 12.4. The van der Waals surface area contributed by atoms with Gasteiger partial charge in [0.2, 0.25) is 5.95 Å². The number of carboxylic acid groups (broad SMARTS) is 1. The summed E-state index contributed by atoms with van der Waals surface area (Å²) in [5.41, 5.74) is 5.57. The van der Waals surface area contributed by atoms with E-state index in [0.717, 1.165) is 19.5 Å². The number of anilines is 2. The van der Waals surface area contributed by atoms with Gasteiger partial charge in [-0.1, -0.05) is 0 Å². The Morgan fingerprint density at radius 2 is 2.24 bits per heavy atom. The van der Waals surface area contributed by atoms with Crippen molar-refractivity contribution in [2.45, 2.75) is 19.3 Å². The normalized spacial score (nSPS) is 14.5. The summed E-state index contributed by atoms with van der Waals surface area (Å²) < 4.78 is 0. The molecule has 0 aromatic carbocycles. The zero-order valence-electron chi connectivity index (χ0n) is 9.27. The van der Waals surface area contributed by atoms with E-state index in [1.165, 1.54) is 0 Å². The first kappa shape index (κ1) is 11.4. The van der Waals surface area contributed by atoms with Crippen molar-refractivity contribution in [3.63, 3.8) is 0 Å². The molecule has 1 aromatic heterocycles. The molecule has 0 radical (unpaired) electrons. The Bertz CT molecular complexity index is 493. The van der Waals surface area contributed by atoms with Gasteiger partial charge in [-0.05, 0) is 12.8 Å². The molecule has 7 heteroatoms. The Morgan fingerprint density at radius 1 is 1.53 bits per heavy atom. The fraction of sp³-hybridized carbons (Fsp3) is 0.500. The molecule has 4 N–H and O–H groups in total. The summed E-state index contributed by atoms with van der Waals surface area (Å²) in [6, 6.07) is 0. The fourth-order valence-electron chi connectivity index (χ4n) is 1.65. The number of carboxylic acids is 1. The minimum atomic E-state index is -0.962. The number of aliphatic carboxylic acids is 1. The number of H-pyrrole nitrogens is 1. The van der Waals surface area contributed by atoms with Crippen LogP contribution in [-0.2, 0) is 11.2 Å². The molecular formula is C10H14N4O3. The predicted octanol–water partition coefficient (Wildman–Crippen LogP) is -0.421. The van der Waals surface area contributed by atoms with Crippen LogP contribution >= 0.6 is 0 Å². The monoisotopic (exact) mass is 238 g/mol. The number of aromatic nitrogens is 2. The maximum Gasteiger partial charge on any atom is 0.303 e. The van der Waals surface area contributed by atoms with E-state index in [-0.39, 0.29) is 29.8 Å². The van der Waals surface area contributed by atoms with Crippen molar-refractivity contribution >= 4 is 17.7 Å². The predicted molar refractivity (Wildman–Crippen MR) is 62.1 cm³/mol. The third-order valence-electron chi connectivity index (χ3n) is 2.78. The Labute approximate surface area is 97.3 Å². The highest BCUT2D eigenvalue weighted by molar-refractivity contribution is 5.67. The van der Waals surface area contributed by atoms with E-state index in [0.29, 0.717) is 5.95 Å². The number of nitrogen functional groups attached to an aromatic ring is 1. The van der Waals surface area contributed by atoms with E-state index in [9.17, 15) is 9.59 Å². The van der Waals surface area contributed by atoms with Crippen LogP contribution < -0.4 is 16.2 Å². The molecular weight excluding hydrogens is 224 g/mol. The van der Waals surface area contributed by atoms with Gasteiger partial charge in [-0.3, -0.25) is 14.6 Å². The van der Waals surface area contributed by atoms with Crippen LogP contribution in [0.15, 0.2) is 4.79 Å². The molecule has 7 nitrogen and oxygen atoms in total. The molecule has 92 valence electrons. The van der Waals surface area contributed by atoms with E-state index >= 15 is 0 Å². The molecule has 0 atom stereocenters. The number of nitrogens with zero attached hydrogens (tertiary/aromatic N) is 2. The van der Waals surface area contributed by atoms with Crippen molar-refractivity contribution in [1.82, 2.24) is 9.97 Å². The summed E-state index contributed by atoms with van der Waals surface area (Å²) in [6.45, 7) is 1.72. The van der Waals surface area contributed by atoms with Gasteiger partial charge in [-0.25, -0.2) is 0 Å². The Hall–Kier alpha value is -2.05. The average molecular weight is 238 g/mol. The summed E-state index contributed by atoms with van der Waals surface area (Å²) in [5, 5.41) is 8.56. The highest BCUT2D eigenvalue weighted by Crippen LogP contribution is 2.16. The molecule has 0 saturated carbocycles. The molecule has 2 heterocycles. The second-order valence-corrected chi connectivity index (χ2v) is 3.99. The number of carbonyl (C=O) groups is 1. The topological polar surface area (TPSA) is 112 Å². The maximum atomic E-state index is 11.7. The summed E-state index contributed by atoms with van der Waals surface area (Å²) in [7, 11) is 0. The lowest BCUT2D eigenvalue weighted by atomic mass is 10.1. The molecule has 1 aliphatic heterocycles. The first-order valence-corrected chi connectivity index (χ1v) is 5.43. The van der Waals surface area contributed by atoms with Crippen LogP contribution in [0.25, 0.3) is 0 Å². The second-order valence-electron chi connectivity index (χ2n) is 3.99. The largest absolute Gasteiger partial charge is 0.481 e. The van der Waals surface area contributed by atoms with E-state index < -0.39 is 5.97 Å². The van der Waals surface area contributed by atoms with Crippen molar-refractivity contribution in [3.05, 3.63) is 15.9 Å². The van der Waals surface area contributed by atoms with Crippen LogP contribution in [0.5, 0.6) is 0 Å². The Morgan fingerprint density at radius 3 is 2.71 bits per heavy atom. The van der Waals surface area contributed by atoms with Gasteiger partial charge in [0.15, 0.2) is 0 Å². The molecule has 0 amide bonds. The molecule has 0 bridgehead atoms. The van der Waals surface area contributed by atoms with Crippen LogP contribution in [0.1, 0.15) is 18.4 Å². The van der Waals surface area contributed by atoms with Crippen molar-refractivity contribution in [2.24, 2.45) is 0 Å². The number of aromatic amines is 1. The number of rotatable bonds is 4. The smallest absolute Gasteiger partial charge is 0.303 e. The summed E-state index contributed by atoms with van der Waals surface area (Å²) >= 11 is 0. The quantitative estimate of drug-likeness (QED) is 0.656. The van der Waals surface area contributed by atoms with Crippen LogP contribution in [0.4, 0.5) is 11.8 Å². The van der Waals surface area contributed by atoms with Crippen molar-refractivity contribution in [2.75, 3.05) is 23.7 Å². The molecule has 1 aromatic rings. The number of hydrogen-bond acceptors (Lipinski definition) is 5. The third kappa shape index (κ3) is 2.38. The molecule has 2 rings (SSSR count). The van der Waals surface area contributed by atoms with E-state index in [1.807, 2.05) is 4.90 Å². The first-order valence-electron chi connectivity index (χ1n) is 5.43. The Kier molecular flexibility index (Phi) is 2.99. The number of nitrogens with two attached hydrogens (primary N) is 1. The zero-order valence-corrected chi connectivity index (χ0v) is 9.27. The minimum absolute atomic E-state index is 0.101. The lowest BCUT2D eigenvalue weighted by molar-refractivity contribution is -0.136. The summed E-state index contributed by atoms with van der Waals surface area (Å²) in [5.74, 6) is -0.370. The first-order chi connectivity index (χ1) is 8.08. The molecule has 1 aliphatic rings. The van der Waals surface area contributed by atoms with Crippen LogP contribution in [-0.4, -0.2) is 34.1 Å². The van der Waals surface area contributed by atoms with Gasteiger partial charge >= 0.3 is 5.97 Å². The lowest BCUT2D eigenvalue weighted by Gasteiger charge is -2.31. The average Bonchev–Trinajstić information content (AvgIpc) is 2.12. The van der Waals surface area contributed by atoms with Gasteiger partial charge in [0, 0.05) is 19.5 Å². The van der Waals surface area contributed by atoms with E-state index in [1.54, 1.807) is 0 Å². The Balaban J connectivity index is 2.22. The van der Waals surface area contributed by atoms with Gasteiger partial charge < -0.3 is 15.7 Å². The molecule has 1 saturated heterocycles. The van der Waals surface area contributed by atoms with Crippen LogP contribution in [0, 0.1) is 0 Å². The third-order valence-corrected chi connectivity index (χ3v) is 2.78. The van der Waals surface area contributed by atoms with Crippen molar-refractivity contribution in [3.8, 4) is 0 Å².